The molecule has 0 unspecified atom stereocenters. The van der Waals surface area contributed by atoms with Gasteiger partial charge in [-0.1, -0.05) is 22.6 Å². The fourth-order valence-corrected chi connectivity index (χ4v) is 2.07. The van der Waals surface area contributed by atoms with Gasteiger partial charge in [0.1, 0.15) is 0 Å². The van der Waals surface area contributed by atoms with E-state index < -0.39 is 0 Å². The maximum Gasteiger partial charge on any atom is 0.0866 e. The molecule has 0 aromatic carbocycles. The summed E-state index contributed by atoms with van der Waals surface area (Å²) in [4.78, 5) is 4.67. The smallest absolute Gasteiger partial charge is 0.0866 e. The molecule has 12 heavy (non-hydrogen) atoms. The molecule has 1 fully saturated rings. The van der Waals surface area contributed by atoms with Gasteiger partial charge in [-0.25, -0.2) is 0 Å². The van der Waals surface area contributed by atoms with Crippen molar-refractivity contribution in [3.8, 4) is 6.07 Å². The second kappa shape index (κ2) is 5.73. The van der Waals surface area contributed by atoms with Crippen LogP contribution in [0.5, 0.6) is 0 Å². The van der Waals surface area contributed by atoms with Crippen LogP contribution in [0.25, 0.3) is 0 Å². The molecule has 3 nitrogen and oxygen atoms in total. The van der Waals surface area contributed by atoms with E-state index in [0.717, 1.165) is 26.2 Å². The summed E-state index contributed by atoms with van der Waals surface area (Å²) in [7, 11) is 0. The molecule has 0 aromatic heterocycles. The van der Waals surface area contributed by atoms with E-state index >= 15 is 0 Å². The molecule has 0 radical (unpaired) electrons. The van der Waals surface area contributed by atoms with E-state index in [0.29, 0.717) is 6.54 Å². The molecule has 0 aliphatic carbocycles. The van der Waals surface area contributed by atoms with Crippen molar-refractivity contribution in [1.82, 2.24) is 9.80 Å². The van der Waals surface area contributed by atoms with Gasteiger partial charge >= 0.3 is 0 Å². The number of nitriles is 1. The number of nitrogens with zero attached hydrogens (tertiary/aromatic N) is 3. The first kappa shape index (κ1) is 10.2. The summed E-state index contributed by atoms with van der Waals surface area (Å²) in [6.07, 6.45) is 0. The quantitative estimate of drug-likeness (QED) is 0.430. The summed E-state index contributed by atoms with van der Waals surface area (Å²) in [6, 6.07) is 2.19. The maximum absolute atomic E-state index is 8.48. The topological polar surface area (TPSA) is 30.3 Å². The van der Waals surface area contributed by atoms with Crippen LogP contribution >= 0.6 is 22.6 Å². The number of hydrogen-bond donors (Lipinski definition) is 0. The van der Waals surface area contributed by atoms with Crippen LogP contribution in [0.15, 0.2) is 0 Å². The Morgan fingerprint density at radius 2 is 1.75 bits per heavy atom. The van der Waals surface area contributed by atoms with Crippen molar-refractivity contribution in [2.45, 2.75) is 0 Å². The van der Waals surface area contributed by atoms with Crippen molar-refractivity contribution in [3.05, 3.63) is 0 Å². The zero-order valence-corrected chi connectivity index (χ0v) is 9.33. The fourth-order valence-electron chi connectivity index (χ4n) is 1.39. The van der Waals surface area contributed by atoms with Crippen LogP contribution in [-0.4, -0.2) is 53.5 Å². The van der Waals surface area contributed by atoms with Gasteiger partial charge in [-0.05, 0) is 0 Å². The number of rotatable bonds is 3. The van der Waals surface area contributed by atoms with Crippen molar-refractivity contribution >= 4 is 22.6 Å². The van der Waals surface area contributed by atoms with Crippen molar-refractivity contribution in [1.29, 1.82) is 5.26 Å². The highest BCUT2D eigenvalue weighted by molar-refractivity contribution is 14.1. The monoisotopic (exact) mass is 279 g/mol. The summed E-state index contributed by atoms with van der Waals surface area (Å²) in [5.41, 5.74) is 0. The van der Waals surface area contributed by atoms with Gasteiger partial charge in [0, 0.05) is 37.2 Å². The molecule has 4 heteroatoms. The van der Waals surface area contributed by atoms with Crippen LogP contribution in [-0.2, 0) is 0 Å². The molecule has 68 valence electrons. The van der Waals surface area contributed by atoms with Crippen LogP contribution in [0.4, 0.5) is 0 Å². The Morgan fingerprint density at radius 1 is 1.17 bits per heavy atom. The van der Waals surface area contributed by atoms with Gasteiger partial charge in [0.15, 0.2) is 0 Å². The minimum Gasteiger partial charge on any atom is -0.300 e. The normalized spacial score (nSPS) is 20.7. The molecule has 0 bridgehead atoms. The van der Waals surface area contributed by atoms with Gasteiger partial charge in [0.2, 0.25) is 0 Å². The van der Waals surface area contributed by atoms with E-state index in [-0.39, 0.29) is 0 Å². The molecule has 0 spiro atoms. The lowest BCUT2D eigenvalue weighted by Gasteiger charge is -2.32. The van der Waals surface area contributed by atoms with Crippen LogP contribution in [0.3, 0.4) is 0 Å². The summed E-state index contributed by atoms with van der Waals surface area (Å²) >= 11 is 2.40. The van der Waals surface area contributed by atoms with Gasteiger partial charge in [-0.3, -0.25) is 4.90 Å². The fraction of sp³-hybridized carbons (Fsp3) is 0.875. The summed E-state index contributed by atoms with van der Waals surface area (Å²) in [6.45, 7) is 6.17. The van der Waals surface area contributed by atoms with Crippen molar-refractivity contribution in [2.24, 2.45) is 0 Å². The first-order valence-corrected chi connectivity index (χ1v) is 5.77. The molecular formula is C8H14IN3. The average molecular weight is 279 g/mol. The lowest BCUT2D eigenvalue weighted by atomic mass is 10.3. The Balaban J connectivity index is 2.16. The summed E-state index contributed by atoms with van der Waals surface area (Å²) in [5, 5.41) is 8.48. The van der Waals surface area contributed by atoms with Crippen LogP contribution in [0, 0.1) is 11.3 Å². The second-order valence-corrected chi connectivity index (χ2v) is 4.04. The third-order valence-corrected chi connectivity index (χ3v) is 2.64. The second-order valence-electron chi connectivity index (χ2n) is 2.96. The van der Waals surface area contributed by atoms with Gasteiger partial charge in [-0.15, -0.1) is 0 Å². The minimum absolute atomic E-state index is 0.595. The SMILES string of the molecule is N#CCN1CCN(CCI)CC1. The summed E-state index contributed by atoms with van der Waals surface area (Å²) in [5.74, 6) is 0. The van der Waals surface area contributed by atoms with Crippen molar-refractivity contribution in [2.75, 3.05) is 43.7 Å². The molecule has 1 heterocycles. The van der Waals surface area contributed by atoms with Gasteiger partial charge < -0.3 is 4.90 Å². The number of piperazine rings is 1. The highest BCUT2D eigenvalue weighted by Crippen LogP contribution is 2.01. The van der Waals surface area contributed by atoms with E-state index in [1.165, 1.54) is 11.0 Å². The zero-order chi connectivity index (χ0) is 8.81. The Kier molecular flexibility index (Phi) is 4.88. The van der Waals surface area contributed by atoms with E-state index in [2.05, 4.69) is 38.5 Å². The number of hydrogen-bond acceptors (Lipinski definition) is 3. The lowest BCUT2D eigenvalue weighted by molar-refractivity contribution is 0.151. The summed E-state index contributed by atoms with van der Waals surface area (Å²) < 4.78 is 1.20. The Morgan fingerprint density at radius 3 is 2.25 bits per heavy atom. The van der Waals surface area contributed by atoms with Crippen molar-refractivity contribution < 1.29 is 0 Å². The molecule has 0 amide bonds. The Hall–Kier alpha value is 0.140. The zero-order valence-electron chi connectivity index (χ0n) is 7.17. The van der Waals surface area contributed by atoms with E-state index in [9.17, 15) is 0 Å². The van der Waals surface area contributed by atoms with E-state index in [4.69, 9.17) is 5.26 Å². The van der Waals surface area contributed by atoms with Crippen molar-refractivity contribution in [3.63, 3.8) is 0 Å². The van der Waals surface area contributed by atoms with Crippen LogP contribution < -0.4 is 0 Å². The van der Waals surface area contributed by atoms with Gasteiger partial charge in [-0.2, -0.15) is 5.26 Å². The van der Waals surface area contributed by atoms with Crippen LogP contribution in [0.1, 0.15) is 0 Å². The molecular weight excluding hydrogens is 265 g/mol. The lowest BCUT2D eigenvalue weighted by Crippen LogP contribution is -2.46. The molecule has 0 aromatic rings. The molecule has 1 aliphatic rings. The highest BCUT2D eigenvalue weighted by atomic mass is 127. The van der Waals surface area contributed by atoms with Gasteiger partial charge in [0.25, 0.3) is 0 Å². The standard InChI is InChI=1S/C8H14IN3/c9-1-3-11-5-7-12(4-2-10)8-6-11/h1,3-8H2. The maximum atomic E-state index is 8.48. The predicted octanol–water partition coefficient (Wildman–Crippen LogP) is 0.563. The third kappa shape index (κ3) is 3.25. The highest BCUT2D eigenvalue weighted by Gasteiger charge is 2.14. The van der Waals surface area contributed by atoms with E-state index in [1.54, 1.807) is 0 Å². The average Bonchev–Trinajstić information content (AvgIpc) is 2.09. The third-order valence-electron chi connectivity index (χ3n) is 2.16. The largest absolute Gasteiger partial charge is 0.300 e. The predicted molar refractivity (Wildman–Crippen MR) is 57.4 cm³/mol. The number of halogens is 1. The Bertz CT molecular complexity index is 158. The minimum atomic E-state index is 0.595. The van der Waals surface area contributed by atoms with Crippen LogP contribution in [0.2, 0.25) is 0 Å². The number of alkyl halides is 1. The molecule has 0 N–H and O–H groups in total. The first-order chi connectivity index (χ1) is 5.86. The first-order valence-electron chi connectivity index (χ1n) is 4.24. The molecule has 1 aliphatic heterocycles. The molecule has 0 atom stereocenters. The van der Waals surface area contributed by atoms with E-state index in [1.807, 2.05) is 0 Å². The molecule has 1 rings (SSSR count). The Labute approximate surface area is 87.5 Å². The molecule has 0 saturated carbocycles. The van der Waals surface area contributed by atoms with Gasteiger partial charge in [0.05, 0.1) is 12.6 Å². The molecule has 1 saturated heterocycles.